The summed E-state index contributed by atoms with van der Waals surface area (Å²) in [4.78, 5) is 93.3. The fourth-order valence-corrected chi connectivity index (χ4v) is 11.5. The molecule has 1 aliphatic rings. The highest BCUT2D eigenvalue weighted by Gasteiger charge is 2.44. The van der Waals surface area contributed by atoms with Crippen LogP contribution in [0.15, 0.2) is 132 Å². The number of H-pyrrole nitrogens is 1. The van der Waals surface area contributed by atoms with Gasteiger partial charge in [-0.15, -0.1) is 0 Å². The van der Waals surface area contributed by atoms with Crippen LogP contribution in [0.25, 0.3) is 11.2 Å². The molecular formula is C58H74N10O18P2. The van der Waals surface area contributed by atoms with E-state index in [1.54, 1.807) is 149 Å². The Labute approximate surface area is 507 Å². The number of nitrogens with two attached hydrogens (primary N) is 1. The molecular weight excluding hydrogens is 1190 g/mol. The maximum absolute atomic E-state index is 15.2. The number of nitrogen functional groups attached to an aromatic ring is 1. The normalized spacial score (nSPS) is 17.2. The Morgan fingerprint density at radius 1 is 0.614 bits per heavy atom. The first kappa shape index (κ1) is 67.9. The van der Waals surface area contributed by atoms with E-state index in [2.05, 4.69) is 36.9 Å². The standard InChI is InChI=1S/C58H74N10O18P2/c1-5-78-54(72)43(31-39-21-13-9-14-22-39)63-83-87(76,84-64-44(55(73)79-6-2)32-40-23-15-10-16-24-40)30-29-49(69)67-35-47(68-38-60-51-52(68)61-58(59)62-53(51)71)48(36-67)82-37-50(70)88(77,85-65-45(56(74)80-7-3)33-41-25-17-11-18-26-41)86-66-46(57(75)81-8-4)34-42-27-19-12-20-28-42/h9-28,38,43-48,50,63-66,70H,5-8,29-37H2,1-4H3,(H3,59,61,62,71)/t43?,44?,45?,46?,47-,48-,50+,87?,88?/m1/s1. The van der Waals surface area contributed by atoms with Crippen LogP contribution in [0.3, 0.4) is 0 Å². The Bertz CT molecular complexity index is 3230. The Morgan fingerprint density at radius 3 is 1.39 bits per heavy atom. The highest BCUT2D eigenvalue weighted by Crippen LogP contribution is 2.51. The van der Waals surface area contributed by atoms with Crippen molar-refractivity contribution in [1.82, 2.24) is 46.3 Å². The molecule has 88 heavy (non-hydrogen) atoms. The summed E-state index contributed by atoms with van der Waals surface area (Å²) in [6, 6.07) is 29.0. The number of carbonyl (C=O) groups excluding carboxylic acids is 5. The number of aliphatic hydroxyl groups excluding tert-OH is 1. The summed E-state index contributed by atoms with van der Waals surface area (Å²) in [6.07, 6.45) is -1.23. The minimum atomic E-state index is -5.10. The number of hydrogen-bond donors (Lipinski definition) is 7. The third kappa shape index (κ3) is 19.7. The van der Waals surface area contributed by atoms with Crippen molar-refractivity contribution in [2.75, 3.05) is 58.0 Å². The summed E-state index contributed by atoms with van der Waals surface area (Å²) in [5.74, 6) is -6.30. The number of hydrogen-bond acceptors (Lipinski definition) is 25. The topological polar surface area (TPSA) is 364 Å². The van der Waals surface area contributed by atoms with Gasteiger partial charge in [-0.25, -0.2) is 23.5 Å². The molecule has 1 fully saturated rings. The van der Waals surface area contributed by atoms with Crippen molar-refractivity contribution in [2.45, 2.75) is 102 Å². The number of carbonyl (C=O) groups is 5. The van der Waals surface area contributed by atoms with E-state index >= 15 is 9.13 Å². The lowest BCUT2D eigenvalue weighted by molar-refractivity contribution is -0.150. The number of rotatable bonds is 36. The molecule has 2 aromatic heterocycles. The molecule has 474 valence electrons. The van der Waals surface area contributed by atoms with Crippen molar-refractivity contribution in [3.8, 4) is 0 Å². The zero-order chi connectivity index (χ0) is 63.1. The zero-order valence-corrected chi connectivity index (χ0v) is 50.8. The van der Waals surface area contributed by atoms with E-state index in [-0.39, 0.29) is 82.3 Å². The number of ether oxygens (including phenoxy) is 5. The van der Waals surface area contributed by atoms with Gasteiger partial charge in [-0.2, -0.15) is 26.9 Å². The first-order valence-electron chi connectivity index (χ1n) is 28.5. The number of hydroxylamine groups is 4. The number of nitrogens with one attached hydrogen (secondary N) is 5. The monoisotopic (exact) mass is 1260 g/mol. The first-order chi connectivity index (χ1) is 42.4. The fourth-order valence-electron chi connectivity index (χ4n) is 9.14. The van der Waals surface area contributed by atoms with Gasteiger partial charge >= 0.3 is 39.1 Å². The summed E-state index contributed by atoms with van der Waals surface area (Å²) in [7, 11) is -9.76. The van der Waals surface area contributed by atoms with Crippen molar-refractivity contribution in [3.63, 3.8) is 0 Å². The minimum Gasteiger partial charge on any atom is -0.465 e. The summed E-state index contributed by atoms with van der Waals surface area (Å²) in [5, 5.41) is 12.0. The number of esters is 4. The van der Waals surface area contributed by atoms with Gasteiger partial charge in [-0.1, -0.05) is 121 Å². The van der Waals surface area contributed by atoms with Gasteiger partial charge < -0.3 is 44.0 Å². The van der Waals surface area contributed by atoms with E-state index in [0.717, 1.165) is 0 Å². The number of benzene rings is 4. The van der Waals surface area contributed by atoms with Gasteiger partial charge in [0.2, 0.25) is 11.9 Å². The lowest BCUT2D eigenvalue weighted by Gasteiger charge is -2.28. The number of aromatic nitrogens is 4. The second-order valence-electron chi connectivity index (χ2n) is 19.9. The van der Waals surface area contributed by atoms with E-state index in [9.17, 15) is 33.9 Å². The molecule has 0 saturated carbocycles. The van der Waals surface area contributed by atoms with Gasteiger partial charge in [0.15, 0.2) is 17.0 Å². The van der Waals surface area contributed by atoms with Crippen molar-refractivity contribution < 1.29 is 80.4 Å². The molecule has 0 spiro atoms. The van der Waals surface area contributed by atoms with Crippen LogP contribution in [0.2, 0.25) is 0 Å². The summed E-state index contributed by atoms with van der Waals surface area (Å²) >= 11 is 0. The maximum Gasteiger partial charge on any atom is 0.393 e. The molecule has 7 atom stereocenters. The van der Waals surface area contributed by atoms with E-state index in [4.69, 9.17) is 47.9 Å². The van der Waals surface area contributed by atoms with Crippen LogP contribution < -0.4 is 33.2 Å². The van der Waals surface area contributed by atoms with Crippen molar-refractivity contribution >= 4 is 62.1 Å². The fraction of sp³-hybridized carbons (Fsp3) is 0.414. The number of aromatic amines is 1. The van der Waals surface area contributed by atoms with E-state index in [1.165, 1.54) is 15.8 Å². The Balaban J connectivity index is 1.16. The quantitative estimate of drug-likeness (QED) is 0.0124. The SMILES string of the molecule is CCOC(=O)C(Cc1ccccc1)NOP(=O)(CCC(=O)N1C[C@@H](n2cnc3c(=O)[nH]c(N)nc32)[C@H](OC[C@@H](O)P(=O)(ONC(Cc2ccccc2)C(=O)OCC)ONC(Cc2ccccc2)C(=O)OCC)C1)ONC(Cc1ccccc1)C(=O)OCC. The maximum atomic E-state index is 15.2. The molecule has 1 saturated heterocycles. The first-order valence-corrected chi connectivity index (χ1v) is 31.9. The zero-order valence-electron chi connectivity index (χ0n) is 49.0. The molecule has 0 bridgehead atoms. The molecule has 1 amide bonds. The van der Waals surface area contributed by atoms with Crippen LogP contribution in [-0.4, -0.2) is 148 Å². The van der Waals surface area contributed by atoms with Crippen LogP contribution in [0, 0.1) is 0 Å². The van der Waals surface area contributed by atoms with Crippen LogP contribution in [-0.2, 0) is 101 Å². The average Bonchev–Trinajstić information content (AvgIpc) is 3.75. The second kappa shape index (κ2) is 33.7. The summed E-state index contributed by atoms with van der Waals surface area (Å²) in [5.41, 5.74) is 17.9. The molecule has 4 unspecified atom stereocenters. The Hall–Kier alpha value is -7.56. The molecule has 3 heterocycles. The van der Waals surface area contributed by atoms with Crippen LogP contribution in [0.5, 0.6) is 0 Å². The lowest BCUT2D eigenvalue weighted by Crippen LogP contribution is -2.43. The number of fused-ring (bicyclic) bond motifs is 1. The second-order valence-corrected chi connectivity index (χ2v) is 24.0. The van der Waals surface area contributed by atoms with Crippen LogP contribution in [0.1, 0.15) is 62.4 Å². The number of amides is 1. The molecule has 30 heteroatoms. The van der Waals surface area contributed by atoms with E-state index < -0.39 is 112 Å². The molecule has 4 aromatic carbocycles. The lowest BCUT2D eigenvalue weighted by atomic mass is 10.1. The van der Waals surface area contributed by atoms with Crippen molar-refractivity contribution in [1.29, 1.82) is 0 Å². The van der Waals surface area contributed by atoms with Gasteiger partial charge in [0.25, 0.3) is 5.56 Å². The van der Waals surface area contributed by atoms with Gasteiger partial charge in [0.05, 0.1) is 57.7 Å². The Kier molecular flexibility index (Phi) is 26.0. The molecule has 0 radical (unpaired) electrons. The van der Waals surface area contributed by atoms with Crippen molar-refractivity contribution in [3.05, 3.63) is 160 Å². The minimum absolute atomic E-state index is 0.000782. The van der Waals surface area contributed by atoms with Gasteiger partial charge in [0.1, 0.15) is 24.2 Å². The van der Waals surface area contributed by atoms with Gasteiger partial charge in [-0.3, -0.25) is 42.9 Å². The van der Waals surface area contributed by atoms with Gasteiger partial charge in [0, 0.05) is 45.2 Å². The molecule has 0 aliphatic carbocycles. The molecule has 6 aromatic rings. The van der Waals surface area contributed by atoms with E-state index in [0.29, 0.717) is 22.3 Å². The number of likely N-dealkylation sites (tertiary alicyclic amines) is 1. The number of imidazole rings is 1. The van der Waals surface area contributed by atoms with Crippen molar-refractivity contribution in [2.24, 2.45) is 0 Å². The largest absolute Gasteiger partial charge is 0.465 e. The summed E-state index contributed by atoms with van der Waals surface area (Å²) < 4.78 is 82.2. The predicted molar refractivity (Wildman–Crippen MR) is 318 cm³/mol. The van der Waals surface area contributed by atoms with Crippen LogP contribution in [0.4, 0.5) is 5.95 Å². The highest BCUT2D eigenvalue weighted by atomic mass is 31.2. The molecule has 8 N–H and O–H groups in total. The number of anilines is 1. The molecule has 7 rings (SSSR count). The molecule has 1 aliphatic heterocycles. The number of nitrogens with zero attached hydrogens (tertiary/aromatic N) is 4. The summed E-state index contributed by atoms with van der Waals surface area (Å²) in [6.45, 7) is 4.94. The number of aliphatic hydroxyl groups is 1. The average molecular weight is 1260 g/mol. The van der Waals surface area contributed by atoms with E-state index in [1.807, 2.05) is 0 Å². The van der Waals surface area contributed by atoms with Crippen LogP contribution >= 0.6 is 15.2 Å². The third-order valence-electron chi connectivity index (χ3n) is 13.5. The highest BCUT2D eigenvalue weighted by molar-refractivity contribution is 7.54. The Morgan fingerprint density at radius 2 is 1.00 bits per heavy atom. The smallest absolute Gasteiger partial charge is 0.393 e. The molecule has 28 nitrogen and oxygen atoms in total. The van der Waals surface area contributed by atoms with Gasteiger partial charge in [-0.05, 0) is 49.9 Å². The third-order valence-corrected chi connectivity index (χ3v) is 16.7. The predicted octanol–water partition coefficient (Wildman–Crippen LogP) is 4.35.